The summed E-state index contributed by atoms with van der Waals surface area (Å²) in [5.41, 5.74) is 0.998. The molecule has 0 aliphatic carbocycles. The van der Waals surface area contributed by atoms with Crippen LogP contribution >= 0.6 is 11.3 Å². The Morgan fingerprint density at radius 2 is 2.04 bits per heavy atom. The van der Waals surface area contributed by atoms with Crippen molar-refractivity contribution < 1.29 is 13.2 Å². The zero-order valence-corrected chi connectivity index (χ0v) is 16.9. The molecule has 8 heteroatoms. The topological polar surface area (TPSA) is 72.4 Å². The number of sulfonamides is 1. The van der Waals surface area contributed by atoms with Crippen molar-refractivity contribution in [3.63, 3.8) is 0 Å². The Morgan fingerprint density at radius 1 is 1.27 bits per heavy atom. The van der Waals surface area contributed by atoms with Crippen LogP contribution < -0.4 is 4.74 Å². The van der Waals surface area contributed by atoms with Crippen LogP contribution in [0, 0.1) is 0 Å². The number of hydrogen-bond donors (Lipinski definition) is 0. The molecule has 0 saturated carbocycles. The van der Waals surface area contributed by atoms with Crippen LogP contribution in [0.15, 0.2) is 24.3 Å². The molecule has 3 rings (SSSR count). The van der Waals surface area contributed by atoms with Crippen molar-refractivity contribution in [3.8, 4) is 16.3 Å². The number of unbranched alkanes of at least 4 members (excludes halogenated alkanes) is 1. The van der Waals surface area contributed by atoms with Crippen molar-refractivity contribution in [2.75, 3.05) is 26.0 Å². The van der Waals surface area contributed by atoms with E-state index in [1.807, 2.05) is 31.2 Å². The number of aromatic nitrogens is 2. The molecule has 6 nitrogen and oxygen atoms in total. The van der Waals surface area contributed by atoms with Gasteiger partial charge >= 0.3 is 0 Å². The lowest BCUT2D eigenvalue weighted by molar-refractivity contribution is 0.314. The molecule has 1 aromatic heterocycles. The van der Waals surface area contributed by atoms with Gasteiger partial charge in [-0.25, -0.2) is 12.7 Å². The highest BCUT2D eigenvalue weighted by Crippen LogP contribution is 2.34. The molecule has 1 aliphatic rings. The standard InChI is InChI=1S/C18H25N3O3S2/c1-3-4-12-26(22,23)21-11-5-6-15(13-21)18-20-19-17(25-18)14-7-9-16(24-2)10-8-14/h7-10,15H,3-6,11-13H2,1-2H3/t15-/m1/s1. The minimum atomic E-state index is -3.16. The van der Waals surface area contributed by atoms with Crippen LogP contribution in [0.5, 0.6) is 5.75 Å². The molecule has 0 unspecified atom stereocenters. The molecular weight excluding hydrogens is 370 g/mol. The second-order valence-corrected chi connectivity index (χ2v) is 9.64. The molecule has 0 amide bonds. The summed E-state index contributed by atoms with van der Waals surface area (Å²) >= 11 is 1.55. The molecule has 0 radical (unpaired) electrons. The van der Waals surface area contributed by atoms with E-state index >= 15 is 0 Å². The van der Waals surface area contributed by atoms with Gasteiger partial charge < -0.3 is 4.74 Å². The minimum absolute atomic E-state index is 0.129. The van der Waals surface area contributed by atoms with Gasteiger partial charge in [0.15, 0.2) is 0 Å². The second kappa shape index (κ2) is 8.45. The third kappa shape index (κ3) is 4.42. The number of methoxy groups -OCH3 is 1. The Hall–Kier alpha value is -1.51. The van der Waals surface area contributed by atoms with Crippen molar-refractivity contribution in [2.24, 2.45) is 0 Å². The number of benzene rings is 1. The normalized spacial score (nSPS) is 18.8. The Balaban J connectivity index is 1.72. The summed E-state index contributed by atoms with van der Waals surface area (Å²) in [4.78, 5) is 0. The van der Waals surface area contributed by atoms with Crippen LogP contribution in [0.25, 0.3) is 10.6 Å². The third-order valence-corrected chi connectivity index (χ3v) is 7.72. The molecule has 0 bridgehead atoms. The summed E-state index contributed by atoms with van der Waals surface area (Å²) in [5, 5.41) is 10.4. The molecule has 0 spiro atoms. The van der Waals surface area contributed by atoms with E-state index in [1.165, 1.54) is 0 Å². The maximum atomic E-state index is 12.5. The summed E-state index contributed by atoms with van der Waals surface area (Å²) in [7, 11) is -1.52. The Bertz CT molecular complexity index is 818. The molecule has 1 aliphatic heterocycles. The number of nitrogens with zero attached hydrogens (tertiary/aromatic N) is 3. The number of hydrogen-bond acceptors (Lipinski definition) is 6. The monoisotopic (exact) mass is 395 g/mol. The summed E-state index contributed by atoms with van der Waals surface area (Å²) in [6, 6.07) is 7.73. The van der Waals surface area contributed by atoms with E-state index in [-0.39, 0.29) is 11.7 Å². The molecule has 0 N–H and O–H groups in total. The highest BCUT2D eigenvalue weighted by Gasteiger charge is 2.31. The van der Waals surface area contributed by atoms with Crippen molar-refractivity contribution >= 4 is 21.4 Å². The third-order valence-electron chi connectivity index (χ3n) is 4.66. The molecule has 1 saturated heterocycles. The van der Waals surface area contributed by atoms with E-state index < -0.39 is 10.0 Å². The average Bonchev–Trinajstić information content (AvgIpc) is 3.17. The lowest BCUT2D eigenvalue weighted by Gasteiger charge is -2.30. The maximum Gasteiger partial charge on any atom is 0.214 e. The minimum Gasteiger partial charge on any atom is -0.497 e. The largest absolute Gasteiger partial charge is 0.497 e. The molecule has 1 aromatic carbocycles. The summed E-state index contributed by atoms with van der Waals surface area (Å²) in [6.45, 7) is 3.15. The quantitative estimate of drug-likeness (QED) is 0.717. The zero-order chi connectivity index (χ0) is 18.6. The lowest BCUT2D eigenvalue weighted by Crippen LogP contribution is -2.40. The number of rotatable bonds is 7. The van der Waals surface area contributed by atoms with Crippen molar-refractivity contribution in [2.45, 2.75) is 38.5 Å². The lowest BCUT2D eigenvalue weighted by atomic mass is 10.0. The molecule has 1 atom stereocenters. The predicted molar refractivity (Wildman–Crippen MR) is 104 cm³/mol. The van der Waals surface area contributed by atoms with Gasteiger partial charge in [0, 0.05) is 24.6 Å². The fourth-order valence-electron chi connectivity index (χ4n) is 3.10. The Kier molecular flexibility index (Phi) is 6.26. The van der Waals surface area contributed by atoms with Crippen LogP contribution in [0.4, 0.5) is 0 Å². The molecule has 1 fully saturated rings. The number of piperidine rings is 1. The average molecular weight is 396 g/mol. The van der Waals surface area contributed by atoms with Crippen LogP contribution in [0.3, 0.4) is 0 Å². The Morgan fingerprint density at radius 3 is 2.73 bits per heavy atom. The van der Waals surface area contributed by atoms with Crippen molar-refractivity contribution in [1.29, 1.82) is 0 Å². The first-order valence-electron chi connectivity index (χ1n) is 8.99. The van der Waals surface area contributed by atoms with Gasteiger partial charge in [-0.15, -0.1) is 10.2 Å². The fraction of sp³-hybridized carbons (Fsp3) is 0.556. The molecular formula is C18H25N3O3S2. The first-order valence-corrected chi connectivity index (χ1v) is 11.4. The molecule has 2 aromatic rings. The van der Waals surface area contributed by atoms with Gasteiger partial charge in [0.05, 0.1) is 12.9 Å². The summed E-state index contributed by atoms with van der Waals surface area (Å²) in [5.74, 6) is 1.17. The van der Waals surface area contributed by atoms with E-state index in [9.17, 15) is 8.42 Å². The van der Waals surface area contributed by atoms with E-state index in [0.717, 1.165) is 40.6 Å². The van der Waals surface area contributed by atoms with Crippen LogP contribution in [0.1, 0.15) is 43.5 Å². The Labute approximate surface area is 159 Å². The van der Waals surface area contributed by atoms with E-state index in [0.29, 0.717) is 19.5 Å². The van der Waals surface area contributed by atoms with Gasteiger partial charge in [0.25, 0.3) is 0 Å². The van der Waals surface area contributed by atoms with E-state index in [2.05, 4.69) is 10.2 Å². The maximum absolute atomic E-state index is 12.5. The fourth-order valence-corrected chi connectivity index (χ4v) is 5.80. The van der Waals surface area contributed by atoms with Gasteiger partial charge in [-0.1, -0.05) is 24.7 Å². The van der Waals surface area contributed by atoms with Gasteiger partial charge in [-0.05, 0) is 43.5 Å². The first kappa shape index (κ1) is 19.3. The van der Waals surface area contributed by atoms with Gasteiger partial charge in [0.2, 0.25) is 10.0 Å². The van der Waals surface area contributed by atoms with Gasteiger partial charge in [0.1, 0.15) is 15.8 Å². The van der Waals surface area contributed by atoms with Crippen LogP contribution in [0.2, 0.25) is 0 Å². The van der Waals surface area contributed by atoms with Crippen LogP contribution in [-0.2, 0) is 10.0 Å². The SMILES string of the molecule is CCCCS(=O)(=O)N1CCC[C@@H](c2nnc(-c3ccc(OC)cc3)s2)C1. The highest BCUT2D eigenvalue weighted by molar-refractivity contribution is 7.89. The second-order valence-electron chi connectivity index (χ2n) is 6.54. The van der Waals surface area contributed by atoms with Crippen molar-refractivity contribution in [3.05, 3.63) is 29.3 Å². The first-order chi connectivity index (χ1) is 12.5. The molecule has 26 heavy (non-hydrogen) atoms. The van der Waals surface area contributed by atoms with E-state index in [1.54, 1.807) is 22.8 Å². The molecule has 2 heterocycles. The van der Waals surface area contributed by atoms with Gasteiger partial charge in [-0.3, -0.25) is 0 Å². The summed E-state index contributed by atoms with van der Waals surface area (Å²) < 4.78 is 31.8. The van der Waals surface area contributed by atoms with Crippen molar-refractivity contribution in [1.82, 2.24) is 14.5 Å². The number of ether oxygens (including phenoxy) is 1. The van der Waals surface area contributed by atoms with Gasteiger partial charge in [-0.2, -0.15) is 0 Å². The van der Waals surface area contributed by atoms with E-state index in [4.69, 9.17) is 4.74 Å². The summed E-state index contributed by atoms with van der Waals surface area (Å²) in [6.07, 6.45) is 3.42. The molecule has 142 valence electrons. The highest BCUT2D eigenvalue weighted by atomic mass is 32.2. The predicted octanol–water partition coefficient (Wildman–Crippen LogP) is 3.52. The van der Waals surface area contributed by atoms with Crippen LogP contribution in [-0.4, -0.2) is 48.9 Å². The smallest absolute Gasteiger partial charge is 0.214 e. The zero-order valence-electron chi connectivity index (χ0n) is 15.2.